The molecule has 0 aliphatic carbocycles. The molecule has 6 heteroatoms. The molecule has 0 saturated heterocycles. The Morgan fingerprint density at radius 3 is 2.84 bits per heavy atom. The molecule has 106 valence electrons. The Hall–Kier alpha value is -1.40. The number of anilines is 1. The molecule has 0 aliphatic rings. The van der Waals surface area contributed by atoms with E-state index in [1.807, 2.05) is 6.92 Å². The van der Waals surface area contributed by atoms with Gasteiger partial charge < -0.3 is 15.8 Å². The Morgan fingerprint density at radius 2 is 2.21 bits per heavy atom. The van der Waals surface area contributed by atoms with E-state index in [2.05, 4.69) is 5.32 Å². The van der Waals surface area contributed by atoms with Crippen molar-refractivity contribution in [2.45, 2.75) is 39.2 Å². The zero-order valence-electron chi connectivity index (χ0n) is 11.3. The van der Waals surface area contributed by atoms with Gasteiger partial charge >= 0.3 is 5.97 Å². The number of hydrogen-bond acceptors (Lipinski definition) is 5. The van der Waals surface area contributed by atoms with Gasteiger partial charge in [0.1, 0.15) is 5.00 Å². The standard InChI is InChI=1S/C13H20N2O3S/c1-3-5-6-10(14)11(16)15-12-9(7-8-19-12)13(17)18-4-2/h7-8,10H,3-6,14H2,1-2H3,(H,15,16)/t10-/m0/s1. The third kappa shape index (κ3) is 4.65. The van der Waals surface area contributed by atoms with Crippen LogP contribution in [0.4, 0.5) is 5.00 Å². The summed E-state index contributed by atoms with van der Waals surface area (Å²) in [5.74, 6) is -0.692. The van der Waals surface area contributed by atoms with E-state index in [0.29, 0.717) is 23.6 Å². The second-order valence-corrected chi connectivity index (χ2v) is 5.04. The molecule has 0 spiro atoms. The van der Waals surface area contributed by atoms with E-state index in [9.17, 15) is 9.59 Å². The van der Waals surface area contributed by atoms with Crippen molar-refractivity contribution in [3.05, 3.63) is 17.0 Å². The molecule has 1 aromatic rings. The van der Waals surface area contributed by atoms with Crippen molar-refractivity contribution in [1.29, 1.82) is 0 Å². The molecule has 0 unspecified atom stereocenters. The Bertz CT molecular complexity index is 431. The topological polar surface area (TPSA) is 81.4 Å². The Balaban J connectivity index is 2.64. The minimum Gasteiger partial charge on any atom is -0.462 e. The van der Waals surface area contributed by atoms with E-state index in [4.69, 9.17) is 10.5 Å². The zero-order valence-corrected chi connectivity index (χ0v) is 12.1. The van der Waals surface area contributed by atoms with Crippen LogP contribution in [0.3, 0.4) is 0 Å². The van der Waals surface area contributed by atoms with E-state index >= 15 is 0 Å². The fourth-order valence-corrected chi connectivity index (χ4v) is 2.31. The predicted octanol–water partition coefficient (Wildman–Crippen LogP) is 2.38. The Labute approximate surface area is 117 Å². The van der Waals surface area contributed by atoms with Gasteiger partial charge in [0.2, 0.25) is 5.91 Å². The van der Waals surface area contributed by atoms with Crippen molar-refractivity contribution in [1.82, 2.24) is 0 Å². The molecule has 1 rings (SSSR count). The van der Waals surface area contributed by atoms with Crippen molar-refractivity contribution >= 4 is 28.2 Å². The van der Waals surface area contributed by atoms with Crippen LogP contribution in [0.2, 0.25) is 0 Å². The van der Waals surface area contributed by atoms with Crippen LogP contribution < -0.4 is 11.1 Å². The average Bonchev–Trinajstić information content (AvgIpc) is 2.84. The monoisotopic (exact) mass is 284 g/mol. The molecule has 0 aliphatic heterocycles. The van der Waals surface area contributed by atoms with Gasteiger partial charge in [-0.05, 0) is 24.8 Å². The van der Waals surface area contributed by atoms with E-state index in [1.165, 1.54) is 11.3 Å². The molecule has 1 heterocycles. The van der Waals surface area contributed by atoms with Gasteiger partial charge in [0.25, 0.3) is 0 Å². The molecule has 5 nitrogen and oxygen atoms in total. The van der Waals surface area contributed by atoms with Crippen LogP contribution in [0.1, 0.15) is 43.5 Å². The van der Waals surface area contributed by atoms with Gasteiger partial charge in [0, 0.05) is 0 Å². The summed E-state index contributed by atoms with van der Waals surface area (Å²) in [7, 11) is 0. The number of carbonyl (C=O) groups is 2. The summed E-state index contributed by atoms with van der Waals surface area (Å²) in [5.41, 5.74) is 6.16. The van der Waals surface area contributed by atoms with Crippen LogP contribution in [0.5, 0.6) is 0 Å². The Kier molecular flexibility index (Phi) is 6.52. The lowest BCUT2D eigenvalue weighted by atomic mass is 10.1. The van der Waals surface area contributed by atoms with Gasteiger partial charge in [-0.2, -0.15) is 0 Å². The molecule has 1 amide bonds. The van der Waals surface area contributed by atoms with Crippen molar-refractivity contribution in [2.75, 3.05) is 11.9 Å². The molecular formula is C13H20N2O3S. The molecule has 19 heavy (non-hydrogen) atoms. The summed E-state index contributed by atoms with van der Waals surface area (Å²) in [6.07, 6.45) is 2.54. The van der Waals surface area contributed by atoms with Crippen LogP contribution in [0.25, 0.3) is 0 Å². The SMILES string of the molecule is CCCC[C@H](N)C(=O)Nc1sccc1C(=O)OCC. The van der Waals surface area contributed by atoms with Gasteiger partial charge in [0.05, 0.1) is 18.2 Å². The summed E-state index contributed by atoms with van der Waals surface area (Å²) < 4.78 is 4.92. The van der Waals surface area contributed by atoms with E-state index in [-0.39, 0.29) is 5.91 Å². The number of carbonyl (C=O) groups excluding carboxylic acids is 2. The van der Waals surface area contributed by atoms with Gasteiger partial charge in [-0.3, -0.25) is 4.79 Å². The highest BCUT2D eigenvalue weighted by atomic mass is 32.1. The predicted molar refractivity (Wildman–Crippen MR) is 76.4 cm³/mol. The molecule has 0 bridgehead atoms. The molecule has 0 fully saturated rings. The first-order valence-electron chi connectivity index (χ1n) is 6.41. The minimum absolute atomic E-state index is 0.263. The van der Waals surface area contributed by atoms with Crippen molar-refractivity contribution < 1.29 is 14.3 Å². The van der Waals surface area contributed by atoms with E-state index < -0.39 is 12.0 Å². The molecule has 3 N–H and O–H groups in total. The first-order valence-corrected chi connectivity index (χ1v) is 7.29. The zero-order chi connectivity index (χ0) is 14.3. The normalized spacial score (nSPS) is 11.9. The Morgan fingerprint density at radius 1 is 1.47 bits per heavy atom. The van der Waals surface area contributed by atoms with Crippen LogP contribution in [0, 0.1) is 0 Å². The number of esters is 1. The van der Waals surface area contributed by atoms with Crippen LogP contribution >= 0.6 is 11.3 Å². The first-order chi connectivity index (χ1) is 9.10. The van der Waals surface area contributed by atoms with Crippen molar-refractivity contribution in [3.8, 4) is 0 Å². The summed E-state index contributed by atoms with van der Waals surface area (Å²) in [6.45, 7) is 4.09. The molecule has 0 saturated carbocycles. The summed E-state index contributed by atoms with van der Waals surface area (Å²) in [5, 5.41) is 4.92. The smallest absolute Gasteiger partial charge is 0.341 e. The van der Waals surface area contributed by atoms with E-state index in [1.54, 1.807) is 18.4 Å². The molecular weight excluding hydrogens is 264 g/mol. The highest BCUT2D eigenvalue weighted by molar-refractivity contribution is 7.14. The number of unbranched alkanes of at least 4 members (excludes halogenated alkanes) is 1. The van der Waals surface area contributed by atoms with Gasteiger partial charge in [-0.25, -0.2) is 4.79 Å². The maximum Gasteiger partial charge on any atom is 0.341 e. The second-order valence-electron chi connectivity index (χ2n) is 4.12. The maximum absolute atomic E-state index is 11.9. The lowest BCUT2D eigenvalue weighted by molar-refractivity contribution is -0.117. The van der Waals surface area contributed by atoms with Crippen LogP contribution in [0.15, 0.2) is 11.4 Å². The molecule has 0 aromatic carbocycles. The molecule has 1 atom stereocenters. The van der Waals surface area contributed by atoms with Gasteiger partial charge in [0.15, 0.2) is 0 Å². The number of rotatable bonds is 7. The average molecular weight is 284 g/mol. The number of hydrogen-bond donors (Lipinski definition) is 2. The number of ether oxygens (including phenoxy) is 1. The number of thiophene rings is 1. The quantitative estimate of drug-likeness (QED) is 0.753. The highest BCUT2D eigenvalue weighted by Crippen LogP contribution is 2.24. The first kappa shape index (κ1) is 15.7. The summed E-state index contributed by atoms with van der Waals surface area (Å²) in [4.78, 5) is 23.5. The largest absolute Gasteiger partial charge is 0.462 e. The van der Waals surface area contributed by atoms with E-state index in [0.717, 1.165) is 12.8 Å². The maximum atomic E-state index is 11.9. The third-order valence-corrected chi connectivity index (χ3v) is 3.43. The van der Waals surface area contributed by atoms with Crippen molar-refractivity contribution in [3.63, 3.8) is 0 Å². The molecule has 1 aromatic heterocycles. The summed E-state index contributed by atoms with van der Waals surface area (Å²) >= 11 is 1.28. The fraction of sp³-hybridized carbons (Fsp3) is 0.538. The summed E-state index contributed by atoms with van der Waals surface area (Å²) in [6, 6.07) is 1.09. The van der Waals surface area contributed by atoms with Gasteiger partial charge in [-0.15, -0.1) is 11.3 Å². The van der Waals surface area contributed by atoms with Crippen LogP contribution in [-0.4, -0.2) is 24.5 Å². The third-order valence-electron chi connectivity index (χ3n) is 2.60. The number of amides is 1. The second kappa shape index (κ2) is 7.91. The number of nitrogens with one attached hydrogen (secondary N) is 1. The number of nitrogens with two attached hydrogens (primary N) is 1. The fourth-order valence-electron chi connectivity index (χ4n) is 1.54. The van der Waals surface area contributed by atoms with Crippen LogP contribution in [-0.2, 0) is 9.53 Å². The lowest BCUT2D eigenvalue weighted by Gasteiger charge is -2.11. The minimum atomic E-state index is -0.544. The van der Waals surface area contributed by atoms with Crippen molar-refractivity contribution in [2.24, 2.45) is 5.73 Å². The lowest BCUT2D eigenvalue weighted by Crippen LogP contribution is -2.35. The highest BCUT2D eigenvalue weighted by Gasteiger charge is 2.19. The molecule has 0 radical (unpaired) electrons. The van der Waals surface area contributed by atoms with Gasteiger partial charge in [-0.1, -0.05) is 19.8 Å².